The minimum absolute atomic E-state index is 0.0819. The number of sulfonamides is 1. The minimum atomic E-state index is -3.51. The van der Waals surface area contributed by atoms with Crippen molar-refractivity contribution < 1.29 is 12.8 Å². The van der Waals surface area contributed by atoms with Crippen LogP contribution in [0.4, 0.5) is 10.1 Å². The molecule has 0 amide bonds. The largest absolute Gasteiger partial charge is 0.369 e. The Morgan fingerprint density at radius 3 is 2.85 bits per heavy atom. The summed E-state index contributed by atoms with van der Waals surface area (Å²) in [5.41, 5.74) is 0.674. The first-order valence-electron chi connectivity index (χ1n) is 6.34. The van der Waals surface area contributed by atoms with Crippen LogP contribution < -0.4 is 10.0 Å². The summed E-state index contributed by atoms with van der Waals surface area (Å²) in [5.74, 6) is -0.629. The fraction of sp³-hybridized carbons (Fsp3) is 0.462. The maximum atomic E-state index is 14.0. The maximum Gasteiger partial charge on any atom is 0.209 e. The number of halogens is 1. The highest BCUT2D eigenvalue weighted by Gasteiger charge is 2.25. The molecule has 1 saturated heterocycles. The van der Waals surface area contributed by atoms with Crippen LogP contribution in [-0.2, 0) is 10.0 Å². The Morgan fingerprint density at radius 2 is 2.25 bits per heavy atom. The zero-order valence-corrected chi connectivity index (χ0v) is 11.7. The quantitative estimate of drug-likeness (QED) is 0.908. The Bertz CT molecular complexity index is 640. The molecule has 5 nitrogen and oxygen atoms in total. The van der Waals surface area contributed by atoms with E-state index in [1.165, 1.54) is 6.07 Å². The van der Waals surface area contributed by atoms with E-state index >= 15 is 0 Å². The molecule has 1 heterocycles. The van der Waals surface area contributed by atoms with Gasteiger partial charge in [-0.15, -0.1) is 0 Å². The molecule has 0 bridgehead atoms. The van der Waals surface area contributed by atoms with Gasteiger partial charge >= 0.3 is 0 Å². The Morgan fingerprint density at radius 1 is 1.50 bits per heavy atom. The summed E-state index contributed by atoms with van der Waals surface area (Å²) >= 11 is 0. The summed E-state index contributed by atoms with van der Waals surface area (Å²) in [6, 6.07) is 6.20. The van der Waals surface area contributed by atoms with Crippen molar-refractivity contribution in [3.63, 3.8) is 0 Å². The molecule has 0 saturated carbocycles. The Labute approximate surface area is 117 Å². The van der Waals surface area contributed by atoms with Gasteiger partial charge in [0.1, 0.15) is 5.82 Å². The molecule has 0 aliphatic carbocycles. The van der Waals surface area contributed by atoms with Crippen molar-refractivity contribution in [3.8, 4) is 6.07 Å². The van der Waals surface area contributed by atoms with Crippen LogP contribution in [0.25, 0.3) is 0 Å². The number of anilines is 1. The predicted octanol–water partition coefficient (Wildman–Crippen LogP) is 1.20. The predicted molar refractivity (Wildman–Crippen MR) is 74.0 cm³/mol. The summed E-state index contributed by atoms with van der Waals surface area (Å²) in [5, 5.41) is 13.8. The van der Waals surface area contributed by atoms with E-state index in [2.05, 4.69) is 0 Å². The highest BCUT2D eigenvalue weighted by Crippen LogP contribution is 2.26. The van der Waals surface area contributed by atoms with Crippen molar-refractivity contribution in [2.75, 3.05) is 23.7 Å². The van der Waals surface area contributed by atoms with Crippen molar-refractivity contribution in [2.45, 2.75) is 12.8 Å². The molecule has 2 rings (SSSR count). The minimum Gasteiger partial charge on any atom is -0.369 e. The lowest BCUT2D eigenvalue weighted by molar-refractivity contribution is 0.439. The van der Waals surface area contributed by atoms with Gasteiger partial charge in [-0.05, 0) is 37.0 Å². The van der Waals surface area contributed by atoms with Gasteiger partial charge in [0, 0.05) is 13.1 Å². The Hall–Kier alpha value is -1.65. The number of rotatable bonds is 3. The van der Waals surface area contributed by atoms with Crippen LogP contribution in [0.5, 0.6) is 0 Å². The molecule has 2 N–H and O–H groups in total. The van der Waals surface area contributed by atoms with Crippen LogP contribution in [0.1, 0.15) is 18.4 Å². The molecular weight excluding hydrogens is 281 g/mol. The Kier molecular flexibility index (Phi) is 4.26. The van der Waals surface area contributed by atoms with Crippen molar-refractivity contribution in [2.24, 2.45) is 11.1 Å². The summed E-state index contributed by atoms with van der Waals surface area (Å²) in [7, 11) is -3.51. The second-order valence-corrected chi connectivity index (χ2v) is 6.72. The van der Waals surface area contributed by atoms with E-state index in [1.807, 2.05) is 11.0 Å². The third kappa shape index (κ3) is 3.68. The van der Waals surface area contributed by atoms with Gasteiger partial charge < -0.3 is 4.90 Å². The average molecular weight is 297 g/mol. The van der Waals surface area contributed by atoms with E-state index in [9.17, 15) is 12.8 Å². The third-order valence-corrected chi connectivity index (χ3v) is 4.34. The van der Waals surface area contributed by atoms with Gasteiger partial charge in [0.05, 0.1) is 23.1 Å². The molecule has 108 valence electrons. The topological polar surface area (TPSA) is 87.2 Å². The number of nitrogens with two attached hydrogens (primary N) is 1. The molecule has 1 aliphatic rings. The van der Waals surface area contributed by atoms with E-state index in [4.69, 9.17) is 10.4 Å². The zero-order chi connectivity index (χ0) is 14.8. The van der Waals surface area contributed by atoms with E-state index < -0.39 is 15.8 Å². The highest BCUT2D eigenvalue weighted by molar-refractivity contribution is 7.89. The molecule has 1 atom stereocenters. The lowest BCUT2D eigenvalue weighted by Gasteiger charge is -2.34. The number of hydrogen-bond acceptors (Lipinski definition) is 4. The molecule has 1 aromatic rings. The smallest absolute Gasteiger partial charge is 0.209 e. The number of nitrogens with zero attached hydrogens (tertiary/aromatic N) is 2. The van der Waals surface area contributed by atoms with Gasteiger partial charge in [0.2, 0.25) is 10.0 Å². The van der Waals surface area contributed by atoms with E-state index in [1.54, 1.807) is 12.1 Å². The molecule has 1 fully saturated rings. The van der Waals surface area contributed by atoms with Crippen molar-refractivity contribution >= 4 is 15.7 Å². The van der Waals surface area contributed by atoms with E-state index in [0.29, 0.717) is 18.8 Å². The first-order chi connectivity index (χ1) is 9.39. The fourth-order valence-corrected chi connectivity index (χ4v) is 3.51. The lowest BCUT2D eigenvalue weighted by Crippen LogP contribution is -2.39. The SMILES string of the molecule is N#Cc1ccc(N2CCC[C@@H](CS(N)(=O)=O)C2)c(F)c1. The number of benzene rings is 1. The second kappa shape index (κ2) is 5.77. The molecule has 0 spiro atoms. The molecule has 0 unspecified atom stereocenters. The van der Waals surface area contributed by atoms with Gasteiger partial charge in [-0.1, -0.05) is 0 Å². The molecule has 0 aromatic heterocycles. The van der Waals surface area contributed by atoms with Gasteiger partial charge in [0.15, 0.2) is 0 Å². The van der Waals surface area contributed by atoms with Gasteiger partial charge in [-0.25, -0.2) is 17.9 Å². The molecule has 0 radical (unpaired) electrons. The second-order valence-electron chi connectivity index (χ2n) is 5.06. The number of nitriles is 1. The fourth-order valence-electron chi connectivity index (χ4n) is 2.58. The van der Waals surface area contributed by atoms with Crippen molar-refractivity contribution in [3.05, 3.63) is 29.6 Å². The van der Waals surface area contributed by atoms with Crippen LogP contribution in [0.15, 0.2) is 18.2 Å². The lowest BCUT2D eigenvalue weighted by atomic mass is 9.99. The maximum absolute atomic E-state index is 14.0. The number of primary sulfonamides is 1. The third-order valence-electron chi connectivity index (χ3n) is 3.40. The summed E-state index contributed by atoms with van der Waals surface area (Å²) in [6.07, 6.45) is 1.56. The summed E-state index contributed by atoms with van der Waals surface area (Å²) in [6.45, 7) is 1.13. The normalized spacial score (nSPS) is 19.6. The molecule has 7 heteroatoms. The number of piperidine rings is 1. The molecule has 1 aromatic carbocycles. The number of hydrogen-bond donors (Lipinski definition) is 1. The van der Waals surface area contributed by atoms with Gasteiger partial charge in [0.25, 0.3) is 0 Å². The first kappa shape index (κ1) is 14.8. The zero-order valence-electron chi connectivity index (χ0n) is 10.9. The van der Waals surface area contributed by atoms with Crippen LogP contribution in [0, 0.1) is 23.1 Å². The first-order valence-corrected chi connectivity index (χ1v) is 8.05. The monoisotopic (exact) mass is 297 g/mol. The van der Waals surface area contributed by atoms with Crippen molar-refractivity contribution in [1.29, 1.82) is 5.26 Å². The van der Waals surface area contributed by atoms with Crippen LogP contribution >= 0.6 is 0 Å². The Balaban J connectivity index is 2.15. The summed E-state index contributed by atoms with van der Waals surface area (Å²) < 4.78 is 36.2. The molecular formula is C13H16FN3O2S. The highest BCUT2D eigenvalue weighted by atomic mass is 32.2. The van der Waals surface area contributed by atoms with Crippen LogP contribution in [0.3, 0.4) is 0 Å². The van der Waals surface area contributed by atoms with Crippen LogP contribution in [-0.4, -0.2) is 27.3 Å². The molecule has 20 heavy (non-hydrogen) atoms. The average Bonchev–Trinajstić information content (AvgIpc) is 2.36. The standard InChI is InChI=1S/C13H16FN3O2S/c14-12-6-10(7-15)3-4-13(12)17-5-1-2-11(8-17)9-20(16,18)19/h3-4,6,11H,1-2,5,8-9H2,(H2,16,18,19)/t11-/m1/s1. The molecule has 1 aliphatic heterocycles. The summed E-state index contributed by atoms with van der Waals surface area (Å²) in [4.78, 5) is 1.82. The van der Waals surface area contributed by atoms with Crippen molar-refractivity contribution in [1.82, 2.24) is 0 Å². The van der Waals surface area contributed by atoms with Gasteiger partial charge in [-0.3, -0.25) is 0 Å². The van der Waals surface area contributed by atoms with Gasteiger partial charge in [-0.2, -0.15) is 5.26 Å². The van der Waals surface area contributed by atoms with E-state index in [0.717, 1.165) is 12.8 Å². The van der Waals surface area contributed by atoms with Crippen LogP contribution in [0.2, 0.25) is 0 Å². The van der Waals surface area contributed by atoms with E-state index in [-0.39, 0.29) is 17.2 Å².